The molecule has 0 radical (unpaired) electrons. The van der Waals surface area contributed by atoms with Crippen LogP contribution in [0.3, 0.4) is 0 Å². The summed E-state index contributed by atoms with van der Waals surface area (Å²) in [5.74, 6) is 0. The number of hydrogen-bond donors (Lipinski definition) is 0. The number of aryl methyl sites for hydroxylation is 2. The zero-order valence-corrected chi connectivity index (χ0v) is 19.1. The van der Waals surface area contributed by atoms with Gasteiger partial charge in [-0.15, -0.1) is 0 Å². The number of rotatable bonds is 2. The molecule has 0 amide bonds. The standard InChI is InChI=1S/C28H26N4/c1-17-9-8-10-18(2)23(17)25-24(31-26-27(32-25)30-14-13-29-26)20-15-19-11-6-7-12-21(19)22(16-20)28(3,4)5/h6-16H,1-5H3. The van der Waals surface area contributed by atoms with E-state index < -0.39 is 0 Å². The van der Waals surface area contributed by atoms with E-state index in [4.69, 9.17) is 9.97 Å². The minimum atomic E-state index is -0.0154. The first-order chi connectivity index (χ1) is 15.3. The van der Waals surface area contributed by atoms with Crippen LogP contribution in [0.25, 0.3) is 44.6 Å². The molecule has 0 saturated carbocycles. The fraction of sp³-hybridized carbons (Fsp3) is 0.214. The van der Waals surface area contributed by atoms with Crippen LogP contribution in [-0.2, 0) is 5.41 Å². The Bertz CT molecular complexity index is 1460. The van der Waals surface area contributed by atoms with Gasteiger partial charge in [0, 0.05) is 23.5 Å². The lowest BCUT2D eigenvalue weighted by Gasteiger charge is -2.23. The summed E-state index contributed by atoms with van der Waals surface area (Å²) in [6.45, 7) is 11.0. The Kier molecular flexibility index (Phi) is 4.74. The summed E-state index contributed by atoms with van der Waals surface area (Å²) < 4.78 is 0. The van der Waals surface area contributed by atoms with Crippen LogP contribution in [0.4, 0.5) is 0 Å². The van der Waals surface area contributed by atoms with Crippen molar-refractivity contribution in [2.24, 2.45) is 0 Å². The number of hydrogen-bond acceptors (Lipinski definition) is 4. The van der Waals surface area contributed by atoms with Crippen molar-refractivity contribution in [2.75, 3.05) is 0 Å². The van der Waals surface area contributed by atoms with Gasteiger partial charge in [-0.3, -0.25) is 0 Å². The smallest absolute Gasteiger partial charge is 0.198 e. The molecule has 32 heavy (non-hydrogen) atoms. The second-order valence-electron chi connectivity index (χ2n) is 9.39. The van der Waals surface area contributed by atoms with Crippen molar-refractivity contribution < 1.29 is 0 Å². The molecule has 0 bridgehead atoms. The molecule has 0 aliphatic rings. The van der Waals surface area contributed by atoms with Gasteiger partial charge in [-0.05, 0) is 58.9 Å². The van der Waals surface area contributed by atoms with Gasteiger partial charge in [0.25, 0.3) is 0 Å². The SMILES string of the molecule is Cc1cccc(C)c1-c1nc2nccnc2nc1-c1cc(C(C)(C)C)c2ccccc2c1. The Labute approximate surface area is 188 Å². The Hall–Kier alpha value is -3.66. The van der Waals surface area contributed by atoms with Gasteiger partial charge in [0.05, 0.1) is 11.4 Å². The van der Waals surface area contributed by atoms with Gasteiger partial charge >= 0.3 is 0 Å². The lowest BCUT2D eigenvalue weighted by atomic mass is 9.82. The summed E-state index contributed by atoms with van der Waals surface area (Å²) in [6.07, 6.45) is 3.33. The highest BCUT2D eigenvalue weighted by atomic mass is 15.0. The van der Waals surface area contributed by atoms with E-state index in [2.05, 4.69) is 99.2 Å². The van der Waals surface area contributed by atoms with E-state index in [1.54, 1.807) is 12.4 Å². The summed E-state index contributed by atoms with van der Waals surface area (Å²) in [5, 5.41) is 2.47. The Morgan fingerprint density at radius 2 is 1.31 bits per heavy atom. The molecule has 0 fully saturated rings. The zero-order chi connectivity index (χ0) is 22.5. The predicted octanol–water partition coefficient (Wildman–Crippen LogP) is 6.82. The van der Waals surface area contributed by atoms with E-state index >= 15 is 0 Å². The second-order valence-corrected chi connectivity index (χ2v) is 9.39. The monoisotopic (exact) mass is 418 g/mol. The normalized spacial score (nSPS) is 11.9. The molecule has 0 aliphatic carbocycles. The summed E-state index contributed by atoms with van der Waals surface area (Å²) in [7, 11) is 0. The van der Waals surface area contributed by atoms with Crippen LogP contribution in [0.15, 0.2) is 67.0 Å². The summed E-state index contributed by atoms with van der Waals surface area (Å²) in [6, 6.07) is 19.4. The summed E-state index contributed by atoms with van der Waals surface area (Å²) >= 11 is 0. The summed E-state index contributed by atoms with van der Waals surface area (Å²) in [5.41, 5.74) is 8.57. The van der Waals surface area contributed by atoms with E-state index in [0.717, 1.165) is 22.5 Å². The molecule has 0 spiro atoms. The van der Waals surface area contributed by atoms with Crippen molar-refractivity contribution in [3.8, 4) is 22.5 Å². The van der Waals surface area contributed by atoms with Crippen LogP contribution in [0.1, 0.15) is 37.5 Å². The van der Waals surface area contributed by atoms with Crippen molar-refractivity contribution in [3.05, 3.63) is 83.7 Å². The average Bonchev–Trinajstić information content (AvgIpc) is 2.77. The van der Waals surface area contributed by atoms with Gasteiger partial charge in [0.2, 0.25) is 0 Å². The maximum Gasteiger partial charge on any atom is 0.198 e. The van der Waals surface area contributed by atoms with E-state index in [-0.39, 0.29) is 5.41 Å². The Morgan fingerprint density at radius 3 is 1.97 bits per heavy atom. The van der Waals surface area contributed by atoms with Crippen molar-refractivity contribution in [1.82, 2.24) is 19.9 Å². The van der Waals surface area contributed by atoms with Gasteiger partial charge in [-0.1, -0.05) is 63.2 Å². The third-order valence-corrected chi connectivity index (χ3v) is 5.98. The molecule has 0 atom stereocenters. The molecule has 158 valence electrons. The topological polar surface area (TPSA) is 51.6 Å². The number of nitrogens with zero attached hydrogens (tertiary/aromatic N) is 4. The molecule has 4 nitrogen and oxygen atoms in total. The van der Waals surface area contributed by atoms with Crippen LogP contribution in [0, 0.1) is 13.8 Å². The minimum Gasteiger partial charge on any atom is -0.232 e. The maximum atomic E-state index is 5.00. The highest BCUT2D eigenvalue weighted by molar-refractivity contribution is 5.94. The number of fused-ring (bicyclic) bond motifs is 2. The molecule has 3 aromatic carbocycles. The molecular formula is C28H26N4. The van der Waals surface area contributed by atoms with Crippen LogP contribution < -0.4 is 0 Å². The molecule has 0 N–H and O–H groups in total. The Morgan fingerprint density at radius 1 is 0.688 bits per heavy atom. The Balaban J connectivity index is 1.90. The fourth-order valence-electron chi connectivity index (χ4n) is 4.43. The lowest BCUT2D eigenvalue weighted by Crippen LogP contribution is -2.12. The quantitative estimate of drug-likeness (QED) is 0.315. The van der Waals surface area contributed by atoms with Crippen LogP contribution >= 0.6 is 0 Å². The summed E-state index contributed by atoms with van der Waals surface area (Å²) in [4.78, 5) is 18.9. The van der Waals surface area contributed by atoms with Gasteiger partial charge in [0.1, 0.15) is 0 Å². The second kappa shape index (κ2) is 7.49. The molecule has 0 unspecified atom stereocenters. The molecule has 5 rings (SSSR count). The largest absolute Gasteiger partial charge is 0.232 e. The molecule has 2 heterocycles. The molecule has 2 aromatic heterocycles. The first-order valence-corrected chi connectivity index (χ1v) is 10.9. The first kappa shape index (κ1) is 20.3. The molecule has 5 aromatic rings. The van der Waals surface area contributed by atoms with Crippen LogP contribution in [0.2, 0.25) is 0 Å². The average molecular weight is 419 g/mol. The van der Waals surface area contributed by atoms with Gasteiger partial charge < -0.3 is 0 Å². The number of benzene rings is 3. The van der Waals surface area contributed by atoms with E-state index in [1.165, 1.54) is 27.5 Å². The van der Waals surface area contributed by atoms with Crippen molar-refractivity contribution in [2.45, 2.75) is 40.0 Å². The minimum absolute atomic E-state index is 0.0154. The van der Waals surface area contributed by atoms with Gasteiger partial charge in [-0.25, -0.2) is 19.9 Å². The maximum absolute atomic E-state index is 5.00. The van der Waals surface area contributed by atoms with Crippen molar-refractivity contribution >= 4 is 22.1 Å². The highest BCUT2D eigenvalue weighted by Gasteiger charge is 2.22. The first-order valence-electron chi connectivity index (χ1n) is 10.9. The van der Waals surface area contributed by atoms with Crippen LogP contribution in [0.5, 0.6) is 0 Å². The van der Waals surface area contributed by atoms with E-state index in [0.29, 0.717) is 11.3 Å². The lowest BCUT2D eigenvalue weighted by molar-refractivity contribution is 0.596. The molecule has 0 aliphatic heterocycles. The van der Waals surface area contributed by atoms with Gasteiger partial charge in [0.15, 0.2) is 11.3 Å². The van der Waals surface area contributed by atoms with Crippen molar-refractivity contribution in [1.29, 1.82) is 0 Å². The van der Waals surface area contributed by atoms with E-state index in [9.17, 15) is 0 Å². The third kappa shape index (κ3) is 3.42. The highest BCUT2D eigenvalue weighted by Crippen LogP contribution is 2.38. The number of aromatic nitrogens is 4. The zero-order valence-electron chi connectivity index (χ0n) is 19.1. The molecule has 0 saturated heterocycles. The molecular weight excluding hydrogens is 392 g/mol. The molecule has 4 heteroatoms. The van der Waals surface area contributed by atoms with Crippen LogP contribution in [-0.4, -0.2) is 19.9 Å². The fourth-order valence-corrected chi connectivity index (χ4v) is 4.43. The van der Waals surface area contributed by atoms with Crippen molar-refractivity contribution in [3.63, 3.8) is 0 Å². The third-order valence-electron chi connectivity index (χ3n) is 5.98. The predicted molar refractivity (Wildman–Crippen MR) is 132 cm³/mol. The van der Waals surface area contributed by atoms with Gasteiger partial charge in [-0.2, -0.15) is 0 Å². The van der Waals surface area contributed by atoms with E-state index in [1.807, 2.05) is 0 Å².